The molecule has 2 aliphatic rings. The minimum atomic E-state index is -4.16. The van der Waals surface area contributed by atoms with Crippen molar-refractivity contribution in [2.75, 3.05) is 32.8 Å². The minimum absolute atomic E-state index is 0.00375. The number of halogens is 3. The maximum Gasteiger partial charge on any atom is 0.405 e. The van der Waals surface area contributed by atoms with Crippen molar-refractivity contribution >= 4 is 0 Å². The molecule has 2 aliphatic heterocycles. The van der Waals surface area contributed by atoms with Gasteiger partial charge in [0.05, 0.1) is 6.10 Å². The predicted octanol–water partition coefficient (Wildman–Crippen LogP) is 1.39. The lowest BCUT2D eigenvalue weighted by Gasteiger charge is -2.32. The zero-order chi connectivity index (χ0) is 12.3. The molecule has 0 aromatic carbocycles. The van der Waals surface area contributed by atoms with Crippen LogP contribution in [0.15, 0.2) is 0 Å². The van der Waals surface area contributed by atoms with Gasteiger partial charge in [0.2, 0.25) is 0 Å². The average molecular weight is 252 g/mol. The van der Waals surface area contributed by atoms with E-state index in [9.17, 15) is 13.2 Å². The first kappa shape index (κ1) is 13.1. The molecule has 0 amide bonds. The summed E-state index contributed by atoms with van der Waals surface area (Å²) in [5, 5.41) is 2.86. The minimum Gasteiger partial charge on any atom is -0.377 e. The third-order valence-electron chi connectivity index (χ3n) is 3.42. The molecule has 1 N–H and O–H groups in total. The van der Waals surface area contributed by atoms with E-state index in [1.165, 1.54) is 4.90 Å². The molecule has 2 fully saturated rings. The monoisotopic (exact) mass is 252 g/mol. The summed E-state index contributed by atoms with van der Waals surface area (Å²) < 4.78 is 44.2. The zero-order valence-corrected chi connectivity index (χ0v) is 9.80. The Labute approximate surface area is 99.3 Å². The summed E-state index contributed by atoms with van der Waals surface area (Å²) in [6.07, 6.45) is -1.56. The van der Waals surface area contributed by atoms with Crippen LogP contribution in [-0.2, 0) is 4.74 Å². The standard InChI is InChI=1S/C11H19F3N2O/c12-11(13,14)10-7-15-4-2-5-16(10)8-9-3-1-6-17-9/h9-10,15H,1-8H2. The van der Waals surface area contributed by atoms with Gasteiger partial charge in [0.1, 0.15) is 6.04 Å². The van der Waals surface area contributed by atoms with Gasteiger partial charge in [-0.15, -0.1) is 0 Å². The van der Waals surface area contributed by atoms with Crippen LogP contribution in [0.1, 0.15) is 19.3 Å². The molecule has 0 bridgehead atoms. The normalized spacial score (nSPS) is 32.6. The van der Waals surface area contributed by atoms with Gasteiger partial charge in [-0.3, -0.25) is 4.90 Å². The molecule has 2 saturated heterocycles. The van der Waals surface area contributed by atoms with E-state index < -0.39 is 12.2 Å². The van der Waals surface area contributed by atoms with E-state index in [0.717, 1.165) is 19.3 Å². The highest BCUT2D eigenvalue weighted by Crippen LogP contribution is 2.27. The second kappa shape index (κ2) is 5.54. The van der Waals surface area contributed by atoms with Gasteiger partial charge in [-0.2, -0.15) is 13.2 Å². The summed E-state index contributed by atoms with van der Waals surface area (Å²) in [4.78, 5) is 1.54. The summed E-state index contributed by atoms with van der Waals surface area (Å²) >= 11 is 0. The lowest BCUT2D eigenvalue weighted by atomic mass is 10.1. The molecule has 2 heterocycles. The molecule has 2 unspecified atom stereocenters. The van der Waals surface area contributed by atoms with Crippen molar-refractivity contribution in [3.8, 4) is 0 Å². The molecule has 6 heteroatoms. The SMILES string of the molecule is FC(F)(F)C1CNCCCN1CC1CCCO1. The van der Waals surface area contributed by atoms with Gasteiger partial charge >= 0.3 is 6.18 Å². The maximum absolute atomic E-state index is 12.9. The van der Waals surface area contributed by atoms with Crippen molar-refractivity contribution in [2.45, 2.75) is 37.6 Å². The van der Waals surface area contributed by atoms with Crippen molar-refractivity contribution in [3.05, 3.63) is 0 Å². The molecule has 0 saturated carbocycles. The van der Waals surface area contributed by atoms with Gasteiger partial charge in [-0.25, -0.2) is 0 Å². The van der Waals surface area contributed by atoms with Gasteiger partial charge in [-0.1, -0.05) is 0 Å². The summed E-state index contributed by atoms with van der Waals surface area (Å²) in [5.41, 5.74) is 0. The van der Waals surface area contributed by atoms with Gasteiger partial charge in [-0.05, 0) is 25.8 Å². The van der Waals surface area contributed by atoms with Gasteiger partial charge < -0.3 is 10.1 Å². The summed E-state index contributed by atoms with van der Waals surface area (Å²) in [6.45, 7) is 2.25. The zero-order valence-electron chi connectivity index (χ0n) is 9.80. The quantitative estimate of drug-likeness (QED) is 0.804. The number of hydrogen-bond donors (Lipinski definition) is 1. The Morgan fingerprint density at radius 2 is 2.12 bits per heavy atom. The van der Waals surface area contributed by atoms with Gasteiger partial charge in [0.15, 0.2) is 0 Å². The summed E-state index contributed by atoms with van der Waals surface area (Å²) in [6, 6.07) is -1.37. The van der Waals surface area contributed by atoms with Crippen LogP contribution < -0.4 is 5.32 Å². The Bertz CT molecular complexity index is 241. The molecule has 17 heavy (non-hydrogen) atoms. The van der Waals surface area contributed by atoms with E-state index in [4.69, 9.17) is 4.74 Å². The van der Waals surface area contributed by atoms with E-state index in [0.29, 0.717) is 26.2 Å². The Morgan fingerprint density at radius 1 is 1.29 bits per heavy atom. The van der Waals surface area contributed by atoms with Crippen LogP contribution in [0, 0.1) is 0 Å². The van der Waals surface area contributed by atoms with Crippen LogP contribution >= 0.6 is 0 Å². The highest BCUT2D eigenvalue weighted by molar-refractivity contribution is 4.85. The van der Waals surface area contributed by atoms with Crippen LogP contribution in [0.5, 0.6) is 0 Å². The van der Waals surface area contributed by atoms with Crippen LogP contribution in [0.25, 0.3) is 0 Å². The molecule has 0 spiro atoms. The van der Waals surface area contributed by atoms with Crippen molar-refractivity contribution in [1.82, 2.24) is 10.2 Å². The number of alkyl halides is 3. The molecule has 2 rings (SSSR count). The largest absolute Gasteiger partial charge is 0.405 e. The lowest BCUT2D eigenvalue weighted by Crippen LogP contribution is -2.51. The fourth-order valence-electron chi connectivity index (χ4n) is 2.52. The Balaban J connectivity index is 1.98. The number of hydrogen-bond acceptors (Lipinski definition) is 3. The third kappa shape index (κ3) is 3.56. The van der Waals surface area contributed by atoms with Crippen LogP contribution in [0.2, 0.25) is 0 Å². The second-order valence-electron chi connectivity index (χ2n) is 4.75. The maximum atomic E-state index is 12.9. The molecule has 0 radical (unpaired) electrons. The molecular formula is C11H19F3N2O. The topological polar surface area (TPSA) is 24.5 Å². The Morgan fingerprint density at radius 3 is 2.76 bits per heavy atom. The summed E-state index contributed by atoms with van der Waals surface area (Å²) in [5.74, 6) is 0. The second-order valence-corrected chi connectivity index (χ2v) is 4.75. The number of nitrogens with zero attached hydrogens (tertiary/aromatic N) is 1. The van der Waals surface area contributed by atoms with E-state index in [1.807, 2.05) is 0 Å². The molecule has 3 nitrogen and oxygen atoms in total. The number of ether oxygens (including phenoxy) is 1. The Hall–Kier alpha value is -0.330. The molecule has 100 valence electrons. The third-order valence-corrected chi connectivity index (χ3v) is 3.42. The van der Waals surface area contributed by atoms with E-state index >= 15 is 0 Å². The summed E-state index contributed by atoms with van der Waals surface area (Å²) in [7, 11) is 0. The highest BCUT2D eigenvalue weighted by atomic mass is 19.4. The van der Waals surface area contributed by atoms with Gasteiger partial charge in [0.25, 0.3) is 0 Å². The predicted molar refractivity (Wildman–Crippen MR) is 57.9 cm³/mol. The first-order chi connectivity index (χ1) is 8.07. The first-order valence-corrected chi connectivity index (χ1v) is 6.20. The molecule has 0 aromatic heterocycles. The fourth-order valence-corrected chi connectivity index (χ4v) is 2.52. The van der Waals surface area contributed by atoms with Crippen molar-refractivity contribution in [3.63, 3.8) is 0 Å². The first-order valence-electron chi connectivity index (χ1n) is 6.20. The number of nitrogens with one attached hydrogen (secondary N) is 1. The smallest absolute Gasteiger partial charge is 0.377 e. The molecule has 2 atom stereocenters. The lowest BCUT2D eigenvalue weighted by molar-refractivity contribution is -0.183. The van der Waals surface area contributed by atoms with Crippen molar-refractivity contribution < 1.29 is 17.9 Å². The Kier molecular flexibility index (Phi) is 4.27. The number of rotatable bonds is 2. The van der Waals surface area contributed by atoms with Gasteiger partial charge in [0, 0.05) is 26.2 Å². The van der Waals surface area contributed by atoms with Crippen LogP contribution in [-0.4, -0.2) is 56.0 Å². The van der Waals surface area contributed by atoms with Crippen LogP contribution in [0.4, 0.5) is 13.2 Å². The van der Waals surface area contributed by atoms with E-state index in [1.54, 1.807) is 0 Å². The average Bonchev–Trinajstić information content (AvgIpc) is 2.61. The van der Waals surface area contributed by atoms with Crippen molar-refractivity contribution in [1.29, 1.82) is 0 Å². The fraction of sp³-hybridized carbons (Fsp3) is 1.00. The highest BCUT2D eigenvalue weighted by Gasteiger charge is 2.44. The molecule has 0 aromatic rings. The molecule has 0 aliphatic carbocycles. The van der Waals surface area contributed by atoms with Crippen LogP contribution in [0.3, 0.4) is 0 Å². The molecular weight excluding hydrogens is 233 g/mol. The van der Waals surface area contributed by atoms with Crippen molar-refractivity contribution in [2.24, 2.45) is 0 Å². The van der Waals surface area contributed by atoms with E-state index in [2.05, 4.69) is 5.32 Å². The van der Waals surface area contributed by atoms with E-state index in [-0.39, 0.29) is 12.6 Å².